The first-order chi connectivity index (χ1) is 9.26. The van der Waals surface area contributed by atoms with Gasteiger partial charge in [0.1, 0.15) is 6.61 Å². The van der Waals surface area contributed by atoms with E-state index in [0.29, 0.717) is 6.61 Å². The minimum Gasteiger partial charge on any atom is -0.462 e. The maximum Gasteiger partial charge on any atom is 0.330 e. The molecule has 0 aliphatic rings. The van der Waals surface area contributed by atoms with E-state index in [-0.39, 0.29) is 5.97 Å². The van der Waals surface area contributed by atoms with Crippen LogP contribution in [-0.2, 0) is 14.3 Å². The SMILES string of the molecule is C=CC(=O)OCCSc1ccc(SCCOC)cc1. The van der Waals surface area contributed by atoms with E-state index in [0.717, 1.165) is 18.1 Å². The van der Waals surface area contributed by atoms with Gasteiger partial charge in [-0.05, 0) is 24.3 Å². The fraction of sp³-hybridized carbons (Fsp3) is 0.357. The van der Waals surface area contributed by atoms with Crippen molar-refractivity contribution in [2.45, 2.75) is 9.79 Å². The van der Waals surface area contributed by atoms with E-state index in [2.05, 4.69) is 30.8 Å². The average molecular weight is 298 g/mol. The normalized spacial score (nSPS) is 10.2. The number of esters is 1. The first-order valence-corrected chi connectivity index (χ1v) is 7.87. The highest BCUT2D eigenvalue weighted by Gasteiger charge is 1.98. The molecule has 0 radical (unpaired) electrons. The summed E-state index contributed by atoms with van der Waals surface area (Å²) >= 11 is 3.44. The Morgan fingerprint density at radius 2 is 1.68 bits per heavy atom. The number of benzene rings is 1. The molecule has 0 amide bonds. The van der Waals surface area contributed by atoms with Gasteiger partial charge in [0, 0.05) is 34.5 Å². The molecule has 0 aliphatic heterocycles. The Morgan fingerprint density at radius 1 is 1.16 bits per heavy atom. The summed E-state index contributed by atoms with van der Waals surface area (Å²) in [4.78, 5) is 13.2. The number of rotatable bonds is 9. The zero-order chi connectivity index (χ0) is 13.9. The highest BCUT2D eigenvalue weighted by Crippen LogP contribution is 2.23. The molecule has 19 heavy (non-hydrogen) atoms. The van der Waals surface area contributed by atoms with Crippen LogP contribution in [0, 0.1) is 0 Å². The third kappa shape index (κ3) is 7.30. The molecule has 5 heteroatoms. The van der Waals surface area contributed by atoms with Gasteiger partial charge in [0.15, 0.2) is 0 Å². The van der Waals surface area contributed by atoms with Gasteiger partial charge in [0.05, 0.1) is 6.61 Å². The lowest BCUT2D eigenvalue weighted by molar-refractivity contribution is -0.137. The zero-order valence-corrected chi connectivity index (χ0v) is 12.6. The van der Waals surface area contributed by atoms with Gasteiger partial charge in [-0.3, -0.25) is 0 Å². The van der Waals surface area contributed by atoms with Crippen LogP contribution in [0.15, 0.2) is 46.7 Å². The first kappa shape index (κ1) is 16.1. The Hall–Kier alpha value is -0.910. The topological polar surface area (TPSA) is 35.5 Å². The molecule has 0 heterocycles. The van der Waals surface area contributed by atoms with E-state index in [1.807, 2.05) is 0 Å². The van der Waals surface area contributed by atoms with Crippen LogP contribution >= 0.6 is 23.5 Å². The lowest BCUT2D eigenvalue weighted by atomic mass is 10.4. The van der Waals surface area contributed by atoms with Gasteiger partial charge in [-0.25, -0.2) is 4.79 Å². The van der Waals surface area contributed by atoms with E-state index in [1.54, 1.807) is 30.6 Å². The molecule has 0 spiro atoms. The Balaban J connectivity index is 2.24. The van der Waals surface area contributed by atoms with Gasteiger partial charge < -0.3 is 9.47 Å². The summed E-state index contributed by atoms with van der Waals surface area (Å²) in [5.41, 5.74) is 0. The van der Waals surface area contributed by atoms with Crippen molar-refractivity contribution in [3.05, 3.63) is 36.9 Å². The Bertz CT molecular complexity index is 390. The summed E-state index contributed by atoms with van der Waals surface area (Å²) in [6.07, 6.45) is 1.18. The monoisotopic (exact) mass is 298 g/mol. The summed E-state index contributed by atoms with van der Waals surface area (Å²) in [5, 5.41) is 0. The molecule has 104 valence electrons. The zero-order valence-electron chi connectivity index (χ0n) is 11.0. The molecule has 0 N–H and O–H groups in total. The lowest BCUT2D eigenvalue weighted by Crippen LogP contribution is -2.03. The number of ether oxygens (including phenoxy) is 2. The number of hydrogen-bond acceptors (Lipinski definition) is 5. The minimum atomic E-state index is -0.370. The van der Waals surface area contributed by atoms with Crippen molar-refractivity contribution in [2.75, 3.05) is 31.8 Å². The van der Waals surface area contributed by atoms with Gasteiger partial charge in [-0.15, -0.1) is 23.5 Å². The third-order valence-corrected chi connectivity index (χ3v) is 4.10. The van der Waals surface area contributed by atoms with Crippen LogP contribution in [0.1, 0.15) is 0 Å². The second-order valence-electron chi connectivity index (χ2n) is 3.53. The molecule has 0 unspecified atom stereocenters. The van der Waals surface area contributed by atoms with Gasteiger partial charge in [-0.2, -0.15) is 0 Å². The highest BCUT2D eigenvalue weighted by atomic mass is 32.2. The summed E-state index contributed by atoms with van der Waals surface area (Å²) in [6.45, 7) is 4.51. The number of carbonyl (C=O) groups is 1. The molecule has 1 aromatic carbocycles. The summed E-state index contributed by atoms with van der Waals surface area (Å²) in [5.74, 6) is 1.33. The number of hydrogen-bond donors (Lipinski definition) is 0. The van der Waals surface area contributed by atoms with Crippen molar-refractivity contribution in [3.63, 3.8) is 0 Å². The fourth-order valence-corrected chi connectivity index (χ4v) is 2.78. The minimum absolute atomic E-state index is 0.370. The maximum atomic E-state index is 10.8. The second kappa shape index (κ2) is 9.95. The molecule has 1 rings (SSSR count). The van der Waals surface area contributed by atoms with Crippen LogP contribution in [0.2, 0.25) is 0 Å². The van der Waals surface area contributed by atoms with E-state index in [9.17, 15) is 4.79 Å². The smallest absolute Gasteiger partial charge is 0.330 e. The van der Waals surface area contributed by atoms with Crippen molar-refractivity contribution in [2.24, 2.45) is 0 Å². The molecule has 0 fully saturated rings. The molecule has 0 atom stereocenters. The van der Waals surface area contributed by atoms with Crippen molar-refractivity contribution < 1.29 is 14.3 Å². The van der Waals surface area contributed by atoms with Crippen molar-refractivity contribution >= 4 is 29.5 Å². The van der Waals surface area contributed by atoms with Gasteiger partial charge >= 0.3 is 5.97 Å². The van der Waals surface area contributed by atoms with Crippen molar-refractivity contribution in [1.82, 2.24) is 0 Å². The van der Waals surface area contributed by atoms with Crippen molar-refractivity contribution in [3.8, 4) is 0 Å². The van der Waals surface area contributed by atoms with E-state index >= 15 is 0 Å². The van der Waals surface area contributed by atoms with E-state index < -0.39 is 0 Å². The molecule has 0 saturated heterocycles. The average Bonchev–Trinajstić information content (AvgIpc) is 2.45. The summed E-state index contributed by atoms with van der Waals surface area (Å²) in [7, 11) is 1.71. The molecule has 0 saturated carbocycles. The summed E-state index contributed by atoms with van der Waals surface area (Å²) in [6, 6.07) is 8.35. The quantitative estimate of drug-likeness (QED) is 0.303. The Morgan fingerprint density at radius 3 is 2.16 bits per heavy atom. The third-order valence-electron chi connectivity index (χ3n) is 2.14. The second-order valence-corrected chi connectivity index (χ2v) is 5.87. The standard InChI is InChI=1S/C14H18O3S2/c1-3-14(15)17-9-11-19-13-6-4-12(5-7-13)18-10-8-16-2/h3-7H,1,8-11H2,2H3. The molecule has 3 nitrogen and oxygen atoms in total. The number of methoxy groups -OCH3 is 1. The molecule has 0 aliphatic carbocycles. The van der Waals surface area contributed by atoms with Crippen LogP contribution in [0.4, 0.5) is 0 Å². The Kier molecular flexibility index (Phi) is 8.45. The number of carbonyl (C=O) groups excluding carboxylic acids is 1. The lowest BCUT2D eigenvalue weighted by Gasteiger charge is -2.04. The largest absolute Gasteiger partial charge is 0.462 e. The van der Waals surface area contributed by atoms with Gasteiger partial charge in [-0.1, -0.05) is 6.58 Å². The maximum absolute atomic E-state index is 10.8. The van der Waals surface area contributed by atoms with Crippen molar-refractivity contribution in [1.29, 1.82) is 0 Å². The predicted octanol–water partition coefficient (Wildman–Crippen LogP) is 3.25. The number of thioether (sulfide) groups is 2. The van der Waals surface area contributed by atoms with Crippen LogP contribution in [0.25, 0.3) is 0 Å². The molecule has 0 bridgehead atoms. The van der Waals surface area contributed by atoms with Gasteiger partial charge in [0.25, 0.3) is 0 Å². The summed E-state index contributed by atoms with van der Waals surface area (Å²) < 4.78 is 9.91. The van der Waals surface area contributed by atoms with Crippen LogP contribution in [-0.4, -0.2) is 37.8 Å². The molecular weight excluding hydrogens is 280 g/mol. The van der Waals surface area contributed by atoms with E-state index in [1.165, 1.54) is 15.9 Å². The Labute approximate surface area is 122 Å². The van der Waals surface area contributed by atoms with Crippen LogP contribution in [0.3, 0.4) is 0 Å². The van der Waals surface area contributed by atoms with Gasteiger partial charge in [0.2, 0.25) is 0 Å². The molecule has 1 aromatic rings. The molecule has 0 aromatic heterocycles. The fourth-order valence-electron chi connectivity index (χ4n) is 1.24. The van der Waals surface area contributed by atoms with Crippen LogP contribution < -0.4 is 0 Å². The first-order valence-electron chi connectivity index (χ1n) is 5.90. The predicted molar refractivity (Wildman–Crippen MR) is 80.9 cm³/mol. The highest BCUT2D eigenvalue weighted by molar-refractivity contribution is 7.99. The van der Waals surface area contributed by atoms with Crippen LogP contribution in [0.5, 0.6) is 0 Å². The van der Waals surface area contributed by atoms with E-state index in [4.69, 9.17) is 9.47 Å². The molecular formula is C14H18O3S2.